The summed E-state index contributed by atoms with van der Waals surface area (Å²) in [5.74, 6) is 0. The second kappa shape index (κ2) is 7.43. The van der Waals surface area contributed by atoms with E-state index in [9.17, 15) is 0 Å². The van der Waals surface area contributed by atoms with Crippen LogP contribution < -0.4 is 5.32 Å². The number of aromatic amines is 1. The van der Waals surface area contributed by atoms with Crippen LogP contribution in [0.1, 0.15) is 5.69 Å². The predicted molar refractivity (Wildman–Crippen MR) is 111 cm³/mol. The average Bonchev–Trinajstić information content (AvgIpc) is 3.34. The number of H-pyrrole nitrogens is 1. The molecule has 0 radical (unpaired) electrons. The van der Waals surface area contributed by atoms with Gasteiger partial charge in [0.1, 0.15) is 5.69 Å². The number of fused-ring (bicyclic) bond motifs is 1. The van der Waals surface area contributed by atoms with Gasteiger partial charge < -0.3 is 5.32 Å². The van der Waals surface area contributed by atoms with Crippen molar-refractivity contribution in [3.63, 3.8) is 0 Å². The molecule has 0 saturated heterocycles. The van der Waals surface area contributed by atoms with Crippen molar-refractivity contribution in [1.29, 1.82) is 0 Å². The first-order valence-electron chi connectivity index (χ1n) is 8.80. The van der Waals surface area contributed by atoms with Gasteiger partial charge in [-0.15, -0.1) is 0 Å². The fraction of sp³-hybridized carbons (Fsp3) is 0.150. The highest BCUT2D eigenvalue weighted by molar-refractivity contribution is 6.10. The number of allylic oxidation sites excluding steroid dienone is 1. The van der Waals surface area contributed by atoms with Crippen molar-refractivity contribution in [2.75, 3.05) is 14.1 Å². The minimum Gasteiger partial charge on any atom is -0.393 e. The molecule has 28 heavy (non-hydrogen) atoms. The fourth-order valence-corrected chi connectivity index (χ4v) is 3.02. The highest BCUT2D eigenvalue weighted by Crippen LogP contribution is 2.28. The Kier molecular flexibility index (Phi) is 4.67. The molecule has 4 heterocycles. The summed E-state index contributed by atoms with van der Waals surface area (Å²) in [4.78, 5) is 13.4. The summed E-state index contributed by atoms with van der Waals surface area (Å²) in [5.41, 5.74) is 5.92. The van der Waals surface area contributed by atoms with Gasteiger partial charge >= 0.3 is 0 Å². The minimum atomic E-state index is 0.779. The SMILES string of the molecule is C/N=C\C(=C/NC)c1cc2c(-c3cccc(-c4cnn(C)c4)n3)n[nH]c2cn1. The molecule has 8 heteroatoms. The first kappa shape index (κ1) is 17.6. The zero-order valence-corrected chi connectivity index (χ0v) is 15.9. The first-order chi connectivity index (χ1) is 13.7. The lowest BCUT2D eigenvalue weighted by Crippen LogP contribution is -1.99. The quantitative estimate of drug-likeness (QED) is 0.525. The number of hydrogen-bond donors (Lipinski definition) is 2. The Bertz CT molecular complexity index is 1180. The van der Waals surface area contributed by atoms with E-state index in [0.29, 0.717) is 0 Å². The van der Waals surface area contributed by atoms with E-state index in [2.05, 4.69) is 30.6 Å². The Morgan fingerprint density at radius 3 is 2.86 bits per heavy atom. The first-order valence-corrected chi connectivity index (χ1v) is 8.80. The van der Waals surface area contributed by atoms with Gasteiger partial charge in [-0.25, -0.2) is 4.98 Å². The molecule has 4 rings (SSSR count). The number of rotatable bonds is 5. The van der Waals surface area contributed by atoms with Gasteiger partial charge in [0.25, 0.3) is 0 Å². The monoisotopic (exact) mass is 372 g/mol. The summed E-state index contributed by atoms with van der Waals surface area (Å²) in [6.07, 6.45) is 9.15. The molecule has 8 nitrogen and oxygen atoms in total. The van der Waals surface area contributed by atoms with Crippen molar-refractivity contribution in [3.8, 4) is 22.6 Å². The number of hydrogen-bond acceptors (Lipinski definition) is 6. The van der Waals surface area contributed by atoms with Gasteiger partial charge in [0, 0.05) is 56.3 Å². The van der Waals surface area contributed by atoms with Crippen LogP contribution in [0.2, 0.25) is 0 Å². The molecule has 4 aromatic rings. The molecule has 2 N–H and O–H groups in total. The zero-order chi connectivity index (χ0) is 19.5. The number of aromatic nitrogens is 6. The van der Waals surface area contributed by atoms with Gasteiger partial charge in [0.2, 0.25) is 0 Å². The molecule has 0 fully saturated rings. The molecule has 0 spiro atoms. The largest absolute Gasteiger partial charge is 0.393 e. The zero-order valence-electron chi connectivity index (χ0n) is 15.9. The molecule has 0 unspecified atom stereocenters. The molecule has 0 aromatic carbocycles. The maximum atomic E-state index is 4.79. The van der Waals surface area contributed by atoms with Gasteiger partial charge in [0.05, 0.1) is 35.0 Å². The minimum absolute atomic E-state index is 0.779. The Hall–Kier alpha value is -3.81. The van der Waals surface area contributed by atoms with Crippen LogP contribution in [0.25, 0.3) is 39.1 Å². The lowest BCUT2D eigenvalue weighted by atomic mass is 10.1. The summed E-state index contributed by atoms with van der Waals surface area (Å²) in [6.45, 7) is 0. The molecule has 0 aliphatic heterocycles. The van der Waals surface area contributed by atoms with E-state index in [1.807, 2.05) is 50.8 Å². The average molecular weight is 372 g/mol. The molecule has 0 bridgehead atoms. The summed E-state index contributed by atoms with van der Waals surface area (Å²) >= 11 is 0. The Morgan fingerprint density at radius 1 is 1.25 bits per heavy atom. The second-order valence-electron chi connectivity index (χ2n) is 6.27. The number of aryl methyl sites for hydroxylation is 1. The van der Waals surface area contributed by atoms with Crippen molar-refractivity contribution in [2.24, 2.45) is 12.0 Å². The summed E-state index contributed by atoms with van der Waals surface area (Å²) in [5, 5.41) is 15.7. The van der Waals surface area contributed by atoms with E-state index >= 15 is 0 Å². The normalized spacial score (nSPS) is 12.2. The third-order valence-electron chi connectivity index (χ3n) is 4.30. The molecule has 4 aromatic heterocycles. The maximum Gasteiger partial charge on any atom is 0.118 e. The van der Waals surface area contributed by atoms with E-state index < -0.39 is 0 Å². The van der Waals surface area contributed by atoms with Crippen LogP contribution in [-0.4, -0.2) is 50.3 Å². The van der Waals surface area contributed by atoms with Crippen LogP contribution in [0.15, 0.2) is 54.0 Å². The van der Waals surface area contributed by atoms with Gasteiger partial charge in [-0.05, 0) is 18.2 Å². The van der Waals surface area contributed by atoms with Crippen molar-refractivity contribution in [1.82, 2.24) is 35.3 Å². The Balaban J connectivity index is 1.81. The molecule has 0 saturated carbocycles. The summed E-state index contributed by atoms with van der Waals surface area (Å²) in [7, 11) is 5.47. The number of nitrogens with zero attached hydrogens (tertiary/aromatic N) is 6. The van der Waals surface area contributed by atoms with Crippen molar-refractivity contribution in [2.45, 2.75) is 0 Å². The maximum absolute atomic E-state index is 4.79. The standard InChI is InChI=1S/C20H20N8/c1-21-8-13(9-22-2)18-7-15-19(11-23-18)26-27-20(15)17-6-4-5-16(25-17)14-10-24-28(3)12-14/h4-12,21H,1-3H3,(H,26,27)/b13-8+,22-9-. The van der Waals surface area contributed by atoms with Crippen LogP contribution in [-0.2, 0) is 7.05 Å². The number of aliphatic imine (C=N–C) groups is 1. The predicted octanol–water partition coefficient (Wildman–Crippen LogP) is 2.68. The molecule has 0 amide bonds. The topological polar surface area (TPSA) is 96.7 Å². The van der Waals surface area contributed by atoms with Gasteiger partial charge in [-0.1, -0.05) is 6.07 Å². The van der Waals surface area contributed by atoms with E-state index in [1.165, 1.54) is 0 Å². The van der Waals surface area contributed by atoms with Gasteiger partial charge in [-0.2, -0.15) is 10.2 Å². The number of nitrogens with one attached hydrogen (secondary N) is 2. The van der Waals surface area contributed by atoms with E-state index in [4.69, 9.17) is 4.98 Å². The van der Waals surface area contributed by atoms with E-state index in [1.54, 1.807) is 30.3 Å². The van der Waals surface area contributed by atoms with Crippen LogP contribution in [0.5, 0.6) is 0 Å². The van der Waals surface area contributed by atoms with Crippen LogP contribution >= 0.6 is 0 Å². The lowest BCUT2D eigenvalue weighted by molar-refractivity contribution is 0.768. The van der Waals surface area contributed by atoms with E-state index in [0.717, 1.165) is 44.8 Å². The molecular formula is C20H20N8. The van der Waals surface area contributed by atoms with Gasteiger partial charge in [0.15, 0.2) is 0 Å². The third-order valence-corrected chi connectivity index (χ3v) is 4.30. The molecule has 140 valence electrons. The Labute approximate surface area is 162 Å². The van der Waals surface area contributed by atoms with Crippen molar-refractivity contribution in [3.05, 3.63) is 54.7 Å². The molecule has 0 atom stereocenters. The van der Waals surface area contributed by atoms with Crippen LogP contribution in [0.3, 0.4) is 0 Å². The molecule has 0 aliphatic carbocycles. The van der Waals surface area contributed by atoms with Crippen molar-refractivity contribution >= 4 is 22.7 Å². The smallest absolute Gasteiger partial charge is 0.118 e. The van der Waals surface area contributed by atoms with E-state index in [-0.39, 0.29) is 0 Å². The third kappa shape index (κ3) is 3.27. The summed E-state index contributed by atoms with van der Waals surface area (Å²) in [6, 6.07) is 7.89. The van der Waals surface area contributed by atoms with Crippen molar-refractivity contribution < 1.29 is 0 Å². The molecule has 0 aliphatic rings. The Morgan fingerprint density at radius 2 is 2.11 bits per heavy atom. The van der Waals surface area contributed by atoms with Crippen LogP contribution in [0.4, 0.5) is 0 Å². The molecular weight excluding hydrogens is 352 g/mol. The fourth-order valence-electron chi connectivity index (χ4n) is 3.02. The van der Waals surface area contributed by atoms with Crippen LogP contribution in [0, 0.1) is 0 Å². The lowest BCUT2D eigenvalue weighted by Gasteiger charge is -2.04. The number of pyridine rings is 2. The highest BCUT2D eigenvalue weighted by Gasteiger charge is 2.13. The van der Waals surface area contributed by atoms with Gasteiger partial charge in [-0.3, -0.25) is 19.8 Å². The summed E-state index contributed by atoms with van der Waals surface area (Å²) < 4.78 is 1.76. The highest BCUT2D eigenvalue weighted by atomic mass is 15.2. The second-order valence-corrected chi connectivity index (χ2v) is 6.27.